The molecule has 2 aromatic rings. The molecule has 18 heavy (non-hydrogen) atoms. The van der Waals surface area contributed by atoms with Gasteiger partial charge < -0.3 is 0 Å². The van der Waals surface area contributed by atoms with Gasteiger partial charge in [0.15, 0.2) is 9.84 Å². The molecule has 1 aromatic heterocycles. The molecule has 0 aliphatic heterocycles. The lowest BCUT2D eigenvalue weighted by Crippen LogP contribution is -2.22. The van der Waals surface area contributed by atoms with Crippen LogP contribution in [0, 0.1) is 0 Å². The van der Waals surface area contributed by atoms with E-state index in [0.29, 0.717) is 23.1 Å². The Labute approximate surface area is 105 Å². The lowest BCUT2D eigenvalue weighted by Gasteiger charge is -2.07. The Morgan fingerprint density at radius 2 is 2.00 bits per heavy atom. The highest BCUT2D eigenvalue weighted by molar-refractivity contribution is 7.90. The summed E-state index contributed by atoms with van der Waals surface area (Å²) >= 11 is 0. The van der Waals surface area contributed by atoms with Crippen molar-refractivity contribution in [2.24, 2.45) is 7.05 Å². The number of benzene rings is 1. The summed E-state index contributed by atoms with van der Waals surface area (Å²) in [7, 11) is -1.68. The van der Waals surface area contributed by atoms with Crippen molar-refractivity contribution < 1.29 is 8.42 Å². The van der Waals surface area contributed by atoms with Crippen LogP contribution in [0.4, 0.5) is 0 Å². The van der Waals surface area contributed by atoms with Gasteiger partial charge in [0.05, 0.1) is 15.8 Å². The summed E-state index contributed by atoms with van der Waals surface area (Å²) in [5.74, 6) is 0.680. The van der Waals surface area contributed by atoms with Crippen LogP contribution in [0.3, 0.4) is 0 Å². The first-order valence-corrected chi connectivity index (χ1v) is 7.43. The number of aryl methyl sites for hydroxylation is 1. The average molecular weight is 266 g/mol. The highest BCUT2D eigenvalue weighted by Crippen LogP contribution is 2.15. The summed E-state index contributed by atoms with van der Waals surface area (Å²) in [6.45, 7) is 1.92. The van der Waals surface area contributed by atoms with Crippen molar-refractivity contribution in [1.29, 1.82) is 0 Å². The van der Waals surface area contributed by atoms with Gasteiger partial charge in [-0.3, -0.25) is 9.36 Å². The predicted molar refractivity (Wildman–Crippen MR) is 69.5 cm³/mol. The fourth-order valence-electron chi connectivity index (χ4n) is 1.84. The second-order valence-electron chi connectivity index (χ2n) is 4.20. The molecule has 0 bridgehead atoms. The number of hydrogen-bond donors (Lipinski definition) is 0. The van der Waals surface area contributed by atoms with Gasteiger partial charge in [0.1, 0.15) is 5.82 Å². The average Bonchev–Trinajstić information content (AvgIpc) is 2.32. The zero-order valence-electron chi connectivity index (χ0n) is 10.5. The van der Waals surface area contributed by atoms with E-state index < -0.39 is 9.84 Å². The number of fused-ring (bicyclic) bond motifs is 1. The van der Waals surface area contributed by atoms with E-state index in [1.54, 1.807) is 13.1 Å². The van der Waals surface area contributed by atoms with Gasteiger partial charge in [-0.05, 0) is 18.2 Å². The number of rotatable bonds is 2. The molecule has 96 valence electrons. The second kappa shape index (κ2) is 4.20. The number of hydrogen-bond acceptors (Lipinski definition) is 4. The lowest BCUT2D eigenvalue weighted by molar-refractivity contribution is 0.602. The van der Waals surface area contributed by atoms with Crippen LogP contribution in [-0.4, -0.2) is 24.2 Å². The number of sulfone groups is 1. The van der Waals surface area contributed by atoms with Crippen LogP contribution in [0.5, 0.6) is 0 Å². The van der Waals surface area contributed by atoms with E-state index in [9.17, 15) is 13.2 Å². The summed E-state index contributed by atoms with van der Waals surface area (Å²) in [5, 5.41) is 0.331. The third kappa shape index (κ3) is 2.03. The maximum Gasteiger partial charge on any atom is 0.261 e. The van der Waals surface area contributed by atoms with Crippen LogP contribution in [0.1, 0.15) is 12.7 Å². The highest BCUT2D eigenvalue weighted by Gasteiger charge is 2.12. The molecule has 0 spiro atoms. The smallest absolute Gasteiger partial charge is 0.261 e. The van der Waals surface area contributed by atoms with Gasteiger partial charge >= 0.3 is 0 Å². The van der Waals surface area contributed by atoms with Gasteiger partial charge in [0.25, 0.3) is 5.56 Å². The van der Waals surface area contributed by atoms with E-state index in [-0.39, 0.29) is 10.5 Å². The van der Waals surface area contributed by atoms with Crippen LogP contribution in [-0.2, 0) is 23.3 Å². The molecule has 0 atom stereocenters. The van der Waals surface area contributed by atoms with Crippen molar-refractivity contribution >= 4 is 20.7 Å². The van der Waals surface area contributed by atoms with Crippen molar-refractivity contribution in [2.45, 2.75) is 18.2 Å². The Balaban J connectivity index is 2.88. The van der Waals surface area contributed by atoms with Crippen LogP contribution in [0.2, 0.25) is 0 Å². The molecule has 0 saturated heterocycles. The number of nitrogens with zero attached hydrogens (tertiary/aromatic N) is 2. The predicted octanol–water partition coefficient (Wildman–Crippen LogP) is 0.899. The summed E-state index contributed by atoms with van der Waals surface area (Å²) in [5.41, 5.74) is 0.310. The third-order valence-electron chi connectivity index (χ3n) is 2.88. The zero-order chi connectivity index (χ0) is 13.5. The first-order valence-electron chi connectivity index (χ1n) is 5.54. The minimum absolute atomic E-state index is 0.137. The highest BCUT2D eigenvalue weighted by atomic mass is 32.2. The van der Waals surface area contributed by atoms with E-state index in [1.165, 1.54) is 16.7 Å². The first kappa shape index (κ1) is 12.8. The van der Waals surface area contributed by atoms with Crippen molar-refractivity contribution in [2.75, 3.05) is 6.26 Å². The van der Waals surface area contributed by atoms with Gasteiger partial charge in [-0.2, -0.15) is 0 Å². The van der Waals surface area contributed by atoms with Crippen molar-refractivity contribution in [3.63, 3.8) is 0 Å². The van der Waals surface area contributed by atoms with E-state index in [1.807, 2.05) is 6.92 Å². The molecule has 0 N–H and O–H groups in total. The van der Waals surface area contributed by atoms with Gasteiger partial charge in [0, 0.05) is 19.7 Å². The number of aromatic nitrogens is 2. The van der Waals surface area contributed by atoms with Crippen molar-refractivity contribution in [3.8, 4) is 0 Å². The molecular weight excluding hydrogens is 252 g/mol. The van der Waals surface area contributed by atoms with Gasteiger partial charge in [0.2, 0.25) is 0 Å². The normalized spacial score (nSPS) is 11.9. The van der Waals surface area contributed by atoms with E-state index in [4.69, 9.17) is 0 Å². The summed E-state index contributed by atoms with van der Waals surface area (Å²) in [4.78, 5) is 16.6. The molecule has 2 rings (SSSR count). The SMILES string of the molecule is CCc1nc2ccc(S(C)(=O)=O)cc2c(=O)n1C. The molecule has 5 nitrogen and oxygen atoms in total. The first-order chi connectivity index (χ1) is 8.34. The maximum atomic E-state index is 12.1. The zero-order valence-corrected chi connectivity index (χ0v) is 11.3. The molecule has 1 heterocycles. The maximum absolute atomic E-state index is 12.1. The minimum atomic E-state index is -3.32. The van der Waals surface area contributed by atoms with Gasteiger partial charge in [-0.1, -0.05) is 6.92 Å². The monoisotopic (exact) mass is 266 g/mol. The van der Waals surface area contributed by atoms with E-state index in [0.717, 1.165) is 6.26 Å². The molecule has 1 aromatic carbocycles. The van der Waals surface area contributed by atoms with Crippen LogP contribution >= 0.6 is 0 Å². The Morgan fingerprint density at radius 1 is 1.33 bits per heavy atom. The van der Waals surface area contributed by atoms with Gasteiger partial charge in [-0.15, -0.1) is 0 Å². The van der Waals surface area contributed by atoms with E-state index >= 15 is 0 Å². The quantitative estimate of drug-likeness (QED) is 0.810. The summed E-state index contributed by atoms with van der Waals surface area (Å²) < 4.78 is 24.4. The van der Waals surface area contributed by atoms with Crippen molar-refractivity contribution in [1.82, 2.24) is 9.55 Å². The molecule has 0 aliphatic rings. The van der Waals surface area contributed by atoms with Crippen LogP contribution < -0.4 is 5.56 Å². The standard InChI is InChI=1S/C12H14N2O3S/c1-4-11-13-10-6-5-8(18(3,16)17)7-9(10)12(15)14(11)2/h5-7H,4H2,1-3H3. The van der Waals surface area contributed by atoms with E-state index in [2.05, 4.69) is 4.98 Å². The summed E-state index contributed by atoms with van der Waals surface area (Å²) in [6.07, 6.45) is 1.77. The largest absolute Gasteiger partial charge is 0.299 e. The Morgan fingerprint density at radius 3 is 2.56 bits per heavy atom. The Hall–Kier alpha value is -1.69. The Bertz CT molecular complexity index is 776. The molecule has 6 heteroatoms. The molecule has 0 saturated carbocycles. The third-order valence-corrected chi connectivity index (χ3v) is 3.99. The van der Waals surface area contributed by atoms with Crippen molar-refractivity contribution in [3.05, 3.63) is 34.4 Å². The molecule has 0 aliphatic carbocycles. The fraction of sp³-hybridized carbons (Fsp3) is 0.333. The molecule has 0 fully saturated rings. The Kier molecular flexibility index (Phi) is 2.98. The molecule has 0 radical (unpaired) electrons. The van der Waals surface area contributed by atoms with Gasteiger partial charge in [-0.25, -0.2) is 13.4 Å². The minimum Gasteiger partial charge on any atom is -0.299 e. The molecule has 0 unspecified atom stereocenters. The lowest BCUT2D eigenvalue weighted by atomic mass is 10.2. The summed E-state index contributed by atoms with van der Waals surface area (Å²) in [6, 6.07) is 4.44. The van der Waals surface area contributed by atoms with Crippen LogP contribution in [0.15, 0.2) is 27.9 Å². The topological polar surface area (TPSA) is 69.0 Å². The fourth-order valence-corrected chi connectivity index (χ4v) is 2.49. The molecular formula is C12H14N2O3S. The van der Waals surface area contributed by atoms with Crippen LogP contribution in [0.25, 0.3) is 10.9 Å². The molecule has 0 amide bonds. The second-order valence-corrected chi connectivity index (χ2v) is 6.21.